The van der Waals surface area contributed by atoms with E-state index in [4.69, 9.17) is 5.11 Å². The van der Waals surface area contributed by atoms with Crippen LogP contribution in [0.5, 0.6) is 5.75 Å². The van der Waals surface area contributed by atoms with Crippen LogP contribution in [0.1, 0.15) is 36.8 Å². The second-order valence-electron chi connectivity index (χ2n) is 3.95. The molecule has 0 aromatic heterocycles. The fraction of sp³-hybridized carbons (Fsp3) is 0.417. The molecule has 2 nitrogen and oxygen atoms in total. The van der Waals surface area contributed by atoms with Crippen LogP contribution in [0, 0.1) is 5.92 Å². The Morgan fingerprint density at radius 3 is 2.71 bits per heavy atom. The summed E-state index contributed by atoms with van der Waals surface area (Å²) in [5.74, 6) is 1.81. The summed E-state index contributed by atoms with van der Waals surface area (Å²) in [6.45, 7) is 1.96. The highest BCUT2D eigenvalue weighted by Crippen LogP contribution is 2.46. The van der Waals surface area contributed by atoms with E-state index < -0.39 is 0 Å². The fourth-order valence-electron chi connectivity index (χ4n) is 1.81. The second-order valence-corrected chi connectivity index (χ2v) is 3.95. The van der Waals surface area contributed by atoms with Gasteiger partial charge in [0.2, 0.25) is 0 Å². The van der Waals surface area contributed by atoms with Crippen LogP contribution in [-0.2, 0) is 0 Å². The lowest BCUT2D eigenvalue weighted by molar-refractivity contribution is 0.314. The normalized spacial score (nSPS) is 16.2. The number of aliphatic hydroxyl groups is 1. The van der Waals surface area contributed by atoms with Gasteiger partial charge in [-0.25, -0.2) is 0 Å². The molecule has 0 atom stereocenters. The third kappa shape index (κ3) is 1.62. The van der Waals surface area contributed by atoms with Gasteiger partial charge in [0, 0.05) is 11.5 Å². The van der Waals surface area contributed by atoms with Gasteiger partial charge in [-0.1, -0.05) is 19.1 Å². The topological polar surface area (TPSA) is 40.5 Å². The van der Waals surface area contributed by atoms with E-state index in [0.29, 0.717) is 11.7 Å². The molecule has 0 spiro atoms. The minimum atomic E-state index is 0.0587. The zero-order valence-corrected chi connectivity index (χ0v) is 8.33. The quantitative estimate of drug-likeness (QED) is 0.769. The minimum Gasteiger partial charge on any atom is -0.508 e. The zero-order chi connectivity index (χ0) is 10.1. The molecule has 1 radical (unpaired) electrons. The average molecular weight is 191 g/mol. The Morgan fingerprint density at radius 1 is 1.43 bits per heavy atom. The third-order valence-corrected chi connectivity index (χ3v) is 2.77. The molecule has 1 fully saturated rings. The van der Waals surface area contributed by atoms with Gasteiger partial charge in [0.25, 0.3) is 0 Å². The third-order valence-electron chi connectivity index (χ3n) is 2.77. The van der Waals surface area contributed by atoms with Gasteiger partial charge >= 0.3 is 0 Å². The van der Waals surface area contributed by atoms with Crippen molar-refractivity contribution in [1.82, 2.24) is 0 Å². The van der Waals surface area contributed by atoms with Crippen LogP contribution in [0.25, 0.3) is 0 Å². The molecule has 2 heteroatoms. The highest BCUT2D eigenvalue weighted by Gasteiger charge is 2.29. The largest absolute Gasteiger partial charge is 0.508 e. The Balaban J connectivity index is 2.41. The fourth-order valence-corrected chi connectivity index (χ4v) is 1.81. The number of hydrogen-bond acceptors (Lipinski definition) is 2. The van der Waals surface area contributed by atoms with Gasteiger partial charge in [0.15, 0.2) is 0 Å². The van der Waals surface area contributed by atoms with E-state index in [1.807, 2.05) is 19.1 Å². The van der Waals surface area contributed by atoms with Crippen molar-refractivity contribution in [1.29, 1.82) is 0 Å². The van der Waals surface area contributed by atoms with Gasteiger partial charge in [-0.3, -0.25) is 0 Å². The van der Waals surface area contributed by atoms with E-state index in [1.165, 1.54) is 0 Å². The number of hydrogen-bond donors (Lipinski definition) is 2. The van der Waals surface area contributed by atoms with Crippen molar-refractivity contribution in [2.75, 3.05) is 6.61 Å². The summed E-state index contributed by atoms with van der Waals surface area (Å²) in [5, 5.41) is 18.8. The maximum atomic E-state index is 9.75. The highest BCUT2D eigenvalue weighted by molar-refractivity contribution is 5.49. The predicted octanol–water partition coefficient (Wildman–Crippen LogP) is 2.20. The average Bonchev–Trinajstić information content (AvgIpc) is 3.00. The second kappa shape index (κ2) is 3.62. The molecule has 75 valence electrons. The van der Waals surface area contributed by atoms with Crippen LogP contribution in [0.2, 0.25) is 0 Å². The number of phenolic OH excluding ortho intramolecular Hbond substituents is 1. The van der Waals surface area contributed by atoms with Gasteiger partial charge < -0.3 is 10.2 Å². The van der Waals surface area contributed by atoms with Crippen molar-refractivity contribution in [3.05, 3.63) is 35.2 Å². The summed E-state index contributed by atoms with van der Waals surface area (Å²) in [6.07, 6.45) is 2.31. The minimum absolute atomic E-state index is 0.0587. The molecule has 0 amide bonds. The maximum Gasteiger partial charge on any atom is 0.119 e. The molecule has 1 saturated carbocycles. The van der Waals surface area contributed by atoms with E-state index in [9.17, 15) is 5.11 Å². The molecule has 2 rings (SSSR count). The summed E-state index contributed by atoms with van der Waals surface area (Å²) in [4.78, 5) is 0. The molecule has 1 aromatic carbocycles. The molecule has 0 heterocycles. The van der Waals surface area contributed by atoms with Gasteiger partial charge in [-0.05, 0) is 30.4 Å². The van der Waals surface area contributed by atoms with Crippen LogP contribution < -0.4 is 0 Å². The van der Waals surface area contributed by atoms with Crippen molar-refractivity contribution in [3.8, 4) is 5.75 Å². The summed E-state index contributed by atoms with van der Waals surface area (Å²) in [5.41, 5.74) is 2.05. The Labute approximate surface area is 84.2 Å². The van der Waals surface area contributed by atoms with Crippen molar-refractivity contribution < 1.29 is 10.2 Å². The molecule has 1 aliphatic carbocycles. The first-order valence-corrected chi connectivity index (χ1v) is 4.99. The van der Waals surface area contributed by atoms with Crippen molar-refractivity contribution >= 4 is 0 Å². The first-order chi connectivity index (χ1) is 6.74. The van der Waals surface area contributed by atoms with Gasteiger partial charge in [0.1, 0.15) is 5.75 Å². The SMILES string of the molecule is C[C](CO)c1cccc(O)c1C1CC1. The van der Waals surface area contributed by atoms with E-state index in [1.54, 1.807) is 6.07 Å². The van der Waals surface area contributed by atoms with Gasteiger partial charge in [-0.15, -0.1) is 0 Å². The van der Waals surface area contributed by atoms with Crippen molar-refractivity contribution in [3.63, 3.8) is 0 Å². The zero-order valence-electron chi connectivity index (χ0n) is 8.33. The molecule has 0 aliphatic heterocycles. The summed E-state index contributed by atoms with van der Waals surface area (Å²) in [7, 11) is 0. The van der Waals surface area contributed by atoms with Crippen LogP contribution in [0.3, 0.4) is 0 Å². The first kappa shape index (κ1) is 9.53. The highest BCUT2D eigenvalue weighted by atomic mass is 16.3. The lowest BCUT2D eigenvalue weighted by Crippen LogP contribution is -2.03. The molecular formula is C12H15O2. The van der Waals surface area contributed by atoms with Gasteiger partial charge in [0.05, 0.1) is 6.61 Å². The Bertz CT molecular complexity index is 329. The van der Waals surface area contributed by atoms with Crippen molar-refractivity contribution in [2.45, 2.75) is 25.7 Å². The standard InChI is InChI=1S/C12H15O2/c1-8(7-13)10-3-2-4-11(14)12(10)9-5-6-9/h2-4,9,13-14H,5-7H2,1H3. The maximum absolute atomic E-state index is 9.75. The number of aromatic hydroxyl groups is 1. The van der Waals surface area contributed by atoms with E-state index in [2.05, 4.69) is 0 Å². The summed E-state index contributed by atoms with van der Waals surface area (Å²) >= 11 is 0. The van der Waals surface area contributed by atoms with Crippen LogP contribution in [0.15, 0.2) is 18.2 Å². The molecule has 0 saturated heterocycles. The Morgan fingerprint density at radius 2 is 2.14 bits per heavy atom. The number of aliphatic hydroxyl groups excluding tert-OH is 1. The number of phenols is 1. The summed E-state index contributed by atoms with van der Waals surface area (Å²) < 4.78 is 0. The molecule has 0 bridgehead atoms. The number of rotatable bonds is 3. The van der Waals surface area contributed by atoms with Crippen LogP contribution >= 0.6 is 0 Å². The predicted molar refractivity (Wildman–Crippen MR) is 55.2 cm³/mol. The lowest BCUT2D eigenvalue weighted by Gasteiger charge is -2.14. The Kier molecular flexibility index (Phi) is 2.46. The van der Waals surface area contributed by atoms with Crippen molar-refractivity contribution in [2.24, 2.45) is 0 Å². The molecule has 0 unspecified atom stereocenters. The smallest absolute Gasteiger partial charge is 0.119 e. The lowest BCUT2D eigenvalue weighted by atomic mass is 9.93. The summed E-state index contributed by atoms with van der Waals surface area (Å²) in [6, 6.07) is 5.52. The first-order valence-electron chi connectivity index (χ1n) is 4.99. The van der Waals surface area contributed by atoms with Crippen LogP contribution in [-0.4, -0.2) is 16.8 Å². The molecule has 2 N–H and O–H groups in total. The monoisotopic (exact) mass is 191 g/mol. The molecule has 1 aromatic rings. The molecule has 14 heavy (non-hydrogen) atoms. The van der Waals surface area contributed by atoms with E-state index in [0.717, 1.165) is 29.9 Å². The number of benzene rings is 1. The van der Waals surface area contributed by atoms with E-state index >= 15 is 0 Å². The van der Waals surface area contributed by atoms with Gasteiger partial charge in [-0.2, -0.15) is 0 Å². The van der Waals surface area contributed by atoms with E-state index in [-0.39, 0.29) is 6.61 Å². The Hall–Kier alpha value is -1.02. The molecule has 1 aliphatic rings. The van der Waals surface area contributed by atoms with Crippen LogP contribution in [0.4, 0.5) is 0 Å². The molecular weight excluding hydrogens is 176 g/mol.